The Balaban J connectivity index is 3.20. The molecule has 0 saturated carbocycles. The van der Waals surface area contributed by atoms with E-state index in [9.17, 15) is 12.8 Å². The Kier molecular flexibility index (Phi) is 4.92. The predicted octanol–water partition coefficient (Wildman–Crippen LogP) is 1.06. The zero-order valence-corrected chi connectivity index (χ0v) is 11.3. The predicted molar refractivity (Wildman–Crippen MR) is 67.3 cm³/mol. The van der Waals surface area contributed by atoms with Gasteiger partial charge in [0.1, 0.15) is 4.90 Å². The number of nitrogens with two attached hydrogens (primary N) is 1. The average Bonchev–Trinajstić information content (AvgIpc) is 2.30. The SMILES string of the molecule is CN(CCCO)S(=O)(=O)c1cc(N)cc(Cl)c1F. The molecule has 0 aliphatic rings. The van der Waals surface area contributed by atoms with Crippen LogP contribution in [0.2, 0.25) is 5.02 Å². The summed E-state index contributed by atoms with van der Waals surface area (Å²) in [6.07, 6.45) is 0.257. The first-order valence-corrected chi connectivity index (χ1v) is 6.94. The lowest BCUT2D eigenvalue weighted by Crippen LogP contribution is -2.29. The highest BCUT2D eigenvalue weighted by Gasteiger charge is 2.26. The van der Waals surface area contributed by atoms with Crippen molar-refractivity contribution in [1.82, 2.24) is 4.31 Å². The van der Waals surface area contributed by atoms with Crippen LogP contribution in [0.1, 0.15) is 6.42 Å². The summed E-state index contributed by atoms with van der Waals surface area (Å²) >= 11 is 5.56. The van der Waals surface area contributed by atoms with Gasteiger partial charge in [-0.3, -0.25) is 0 Å². The van der Waals surface area contributed by atoms with Crippen LogP contribution in [0, 0.1) is 5.82 Å². The molecule has 0 heterocycles. The molecule has 0 atom stereocenters. The zero-order valence-electron chi connectivity index (χ0n) is 9.73. The molecule has 0 aromatic heterocycles. The molecule has 1 aromatic rings. The minimum atomic E-state index is -4.00. The van der Waals surface area contributed by atoms with E-state index in [0.29, 0.717) is 0 Å². The molecule has 0 spiro atoms. The maximum absolute atomic E-state index is 13.7. The molecule has 0 amide bonds. The van der Waals surface area contributed by atoms with E-state index in [1.165, 1.54) is 7.05 Å². The Morgan fingerprint density at radius 3 is 2.67 bits per heavy atom. The van der Waals surface area contributed by atoms with E-state index in [2.05, 4.69) is 0 Å². The highest BCUT2D eigenvalue weighted by Crippen LogP contribution is 2.27. The third kappa shape index (κ3) is 3.11. The summed E-state index contributed by atoms with van der Waals surface area (Å²) in [5.41, 5.74) is 5.52. The van der Waals surface area contributed by atoms with Gasteiger partial charge in [-0.05, 0) is 18.6 Å². The van der Waals surface area contributed by atoms with Gasteiger partial charge in [-0.15, -0.1) is 0 Å². The minimum absolute atomic E-state index is 0.0653. The zero-order chi connectivity index (χ0) is 13.9. The third-order valence-corrected chi connectivity index (χ3v) is 4.47. The van der Waals surface area contributed by atoms with Crippen LogP contribution in [-0.2, 0) is 10.0 Å². The highest BCUT2D eigenvalue weighted by atomic mass is 35.5. The number of sulfonamides is 1. The summed E-state index contributed by atoms with van der Waals surface area (Å²) in [6, 6.07) is 2.16. The first kappa shape index (κ1) is 15.2. The first-order valence-electron chi connectivity index (χ1n) is 5.12. The lowest BCUT2D eigenvalue weighted by molar-refractivity contribution is 0.275. The topological polar surface area (TPSA) is 83.6 Å². The summed E-state index contributed by atoms with van der Waals surface area (Å²) in [7, 11) is -2.71. The number of nitrogens with zero attached hydrogens (tertiary/aromatic N) is 1. The number of nitrogen functional groups attached to an aromatic ring is 1. The van der Waals surface area contributed by atoms with Crippen molar-refractivity contribution in [3.05, 3.63) is 23.0 Å². The number of benzene rings is 1. The summed E-state index contributed by atoms with van der Waals surface area (Å²) < 4.78 is 38.8. The van der Waals surface area contributed by atoms with Crippen LogP contribution in [0.4, 0.5) is 10.1 Å². The minimum Gasteiger partial charge on any atom is -0.399 e. The van der Waals surface area contributed by atoms with Gasteiger partial charge in [0, 0.05) is 25.9 Å². The fraction of sp³-hybridized carbons (Fsp3) is 0.400. The fourth-order valence-corrected chi connectivity index (χ4v) is 2.96. The van der Waals surface area contributed by atoms with Gasteiger partial charge in [-0.1, -0.05) is 11.6 Å². The molecule has 1 rings (SSSR count). The van der Waals surface area contributed by atoms with Crippen molar-refractivity contribution in [2.75, 3.05) is 25.9 Å². The Morgan fingerprint density at radius 1 is 1.50 bits per heavy atom. The van der Waals surface area contributed by atoms with E-state index in [0.717, 1.165) is 16.4 Å². The Morgan fingerprint density at radius 2 is 2.11 bits per heavy atom. The molecule has 0 saturated heterocycles. The second-order valence-electron chi connectivity index (χ2n) is 3.72. The largest absolute Gasteiger partial charge is 0.399 e. The number of hydrogen-bond acceptors (Lipinski definition) is 4. The van der Waals surface area contributed by atoms with Gasteiger partial charge in [0.05, 0.1) is 5.02 Å². The van der Waals surface area contributed by atoms with Crippen molar-refractivity contribution >= 4 is 27.3 Å². The molecule has 0 fully saturated rings. The molecular formula is C10H14ClFN2O3S. The molecule has 8 heteroatoms. The van der Waals surface area contributed by atoms with E-state index in [1.807, 2.05) is 0 Å². The normalized spacial score (nSPS) is 12.1. The van der Waals surface area contributed by atoms with E-state index >= 15 is 0 Å². The molecule has 0 aliphatic carbocycles. The number of aliphatic hydroxyl groups excluding tert-OH is 1. The van der Waals surface area contributed by atoms with Gasteiger partial charge in [-0.2, -0.15) is 0 Å². The molecule has 18 heavy (non-hydrogen) atoms. The summed E-state index contributed by atoms with van der Waals surface area (Å²) in [6.45, 7) is -0.0787. The summed E-state index contributed by atoms with van der Waals surface area (Å²) in [5, 5.41) is 8.31. The monoisotopic (exact) mass is 296 g/mol. The Hall–Kier alpha value is -0.890. The number of anilines is 1. The number of halogens is 2. The Bertz CT molecular complexity index is 536. The number of rotatable bonds is 5. The molecule has 3 N–H and O–H groups in total. The maximum Gasteiger partial charge on any atom is 0.245 e. The second kappa shape index (κ2) is 5.83. The van der Waals surface area contributed by atoms with Crippen molar-refractivity contribution in [2.45, 2.75) is 11.3 Å². The van der Waals surface area contributed by atoms with Crippen molar-refractivity contribution in [3.63, 3.8) is 0 Å². The fourth-order valence-electron chi connectivity index (χ4n) is 1.35. The van der Waals surface area contributed by atoms with Gasteiger partial charge in [-0.25, -0.2) is 17.1 Å². The average molecular weight is 297 g/mol. The molecular weight excluding hydrogens is 283 g/mol. The summed E-state index contributed by atoms with van der Waals surface area (Å²) in [4.78, 5) is -0.562. The van der Waals surface area contributed by atoms with E-state index in [-0.39, 0.29) is 30.3 Å². The summed E-state index contributed by atoms with van der Waals surface area (Å²) in [5.74, 6) is -1.03. The quantitative estimate of drug-likeness (QED) is 0.796. The van der Waals surface area contributed by atoms with Gasteiger partial charge in [0.25, 0.3) is 0 Å². The highest BCUT2D eigenvalue weighted by molar-refractivity contribution is 7.89. The van der Waals surface area contributed by atoms with Crippen LogP contribution >= 0.6 is 11.6 Å². The maximum atomic E-state index is 13.7. The first-order chi connectivity index (χ1) is 8.30. The number of hydrogen-bond donors (Lipinski definition) is 2. The van der Waals surface area contributed by atoms with Crippen LogP contribution in [0.5, 0.6) is 0 Å². The molecule has 0 unspecified atom stereocenters. The standard InChI is InChI=1S/C10H14ClFN2O3S/c1-14(3-2-4-15)18(16,17)9-6-7(13)5-8(11)10(9)12/h5-6,15H,2-4,13H2,1H3. The smallest absolute Gasteiger partial charge is 0.245 e. The van der Waals surface area contributed by atoms with Crippen LogP contribution in [0.3, 0.4) is 0 Å². The second-order valence-corrected chi connectivity index (χ2v) is 6.14. The van der Waals surface area contributed by atoms with Gasteiger partial charge in [0.15, 0.2) is 5.82 Å². The third-order valence-electron chi connectivity index (χ3n) is 2.34. The van der Waals surface area contributed by atoms with Gasteiger partial charge in [0.2, 0.25) is 10.0 Å². The van der Waals surface area contributed by atoms with Crippen molar-refractivity contribution in [2.24, 2.45) is 0 Å². The van der Waals surface area contributed by atoms with Crippen molar-refractivity contribution in [3.8, 4) is 0 Å². The van der Waals surface area contributed by atoms with Crippen LogP contribution < -0.4 is 5.73 Å². The molecule has 102 valence electrons. The molecule has 0 bridgehead atoms. The van der Waals surface area contributed by atoms with E-state index in [4.69, 9.17) is 22.4 Å². The Labute approximate surface area is 110 Å². The lowest BCUT2D eigenvalue weighted by Gasteiger charge is -2.17. The van der Waals surface area contributed by atoms with E-state index < -0.39 is 20.7 Å². The molecule has 0 radical (unpaired) electrons. The molecule has 0 aliphatic heterocycles. The van der Waals surface area contributed by atoms with E-state index in [1.54, 1.807) is 0 Å². The molecule has 5 nitrogen and oxygen atoms in total. The van der Waals surface area contributed by atoms with Crippen LogP contribution in [0.25, 0.3) is 0 Å². The van der Waals surface area contributed by atoms with Gasteiger partial charge < -0.3 is 10.8 Å². The lowest BCUT2D eigenvalue weighted by atomic mass is 10.3. The number of aliphatic hydroxyl groups is 1. The van der Waals surface area contributed by atoms with Crippen LogP contribution in [-0.4, -0.2) is 38.0 Å². The van der Waals surface area contributed by atoms with Crippen LogP contribution in [0.15, 0.2) is 17.0 Å². The molecule has 1 aromatic carbocycles. The van der Waals surface area contributed by atoms with Crippen molar-refractivity contribution < 1.29 is 17.9 Å². The van der Waals surface area contributed by atoms with Gasteiger partial charge >= 0.3 is 0 Å². The van der Waals surface area contributed by atoms with Crippen molar-refractivity contribution in [1.29, 1.82) is 0 Å².